The minimum Gasteiger partial charge on any atom is -0.481 e. The second-order valence-electron chi connectivity index (χ2n) is 5.69. The molecule has 0 aromatic carbocycles. The molecule has 2 aliphatic heterocycles. The number of nitrogens with zero attached hydrogens (tertiary/aromatic N) is 1. The van der Waals surface area contributed by atoms with Crippen molar-refractivity contribution in [3.05, 3.63) is 0 Å². The second-order valence-corrected chi connectivity index (χ2v) is 5.69. The van der Waals surface area contributed by atoms with E-state index in [-0.39, 0.29) is 24.9 Å². The molecule has 0 aromatic heterocycles. The van der Waals surface area contributed by atoms with Crippen LogP contribution in [0, 0.1) is 0 Å². The zero-order valence-electron chi connectivity index (χ0n) is 11.6. The first-order chi connectivity index (χ1) is 9.88. The third-order valence-electron chi connectivity index (χ3n) is 4.19. The molecule has 2 bridgehead atoms. The summed E-state index contributed by atoms with van der Waals surface area (Å²) < 4.78 is 0. The van der Waals surface area contributed by atoms with E-state index in [1.54, 1.807) is 4.90 Å². The molecule has 2 saturated heterocycles. The highest BCUT2D eigenvalue weighted by Crippen LogP contribution is 2.35. The van der Waals surface area contributed by atoms with Crippen LogP contribution in [0.5, 0.6) is 0 Å². The monoisotopic (exact) mass is 300 g/mol. The molecule has 21 heavy (non-hydrogen) atoms. The normalized spacial score (nSPS) is 29.0. The number of nitrogens with one attached hydrogen (secondary N) is 1. The number of carbonyl (C=O) groups is 3. The molecule has 2 heterocycles. The van der Waals surface area contributed by atoms with E-state index >= 15 is 0 Å². The van der Waals surface area contributed by atoms with Gasteiger partial charge in [-0.3, -0.25) is 4.79 Å². The van der Waals surface area contributed by atoms with Crippen LogP contribution in [0.4, 0.5) is 4.79 Å². The Morgan fingerprint density at radius 1 is 1.14 bits per heavy atom. The largest absolute Gasteiger partial charge is 0.481 e. The lowest BCUT2D eigenvalue weighted by atomic mass is 10.0. The van der Waals surface area contributed by atoms with Crippen LogP contribution in [0.15, 0.2) is 0 Å². The van der Waals surface area contributed by atoms with E-state index in [2.05, 4.69) is 5.32 Å². The Balaban J connectivity index is 1.96. The van der Waals surface area contributed by atoms with Gasteiger partial charge in [-0.25, -0.2) is 9.59 Å². The van der Waals surface area contributed by atoms with Crippen molar-refractivity contribution >= 4 is 18.0 Å². The number of hydrogen-bond donors (Lipinski definition) is 4. The molecule has 0 aromatic rings. The number of aliphatic carboxylic acids is 2. The Kier molecular flexibility index (Phi) is 4.66. The lowest BCUT2D eigenvalue weighted by Crippen LogP contribution is -2.55. The minimum absolute atomic E-state index is 0.0623. The van der Waals surface area contributed by atoms with Gasteiger partial charge >= 0.3 is 18.0 Å². The highest BCUT2D eigenvalue weighted by atomic mass is 16.4. The molecule has 0 aliphatic carbocycles. The van der Waals surface area contributed by atoms with Crippen LogP contribution in [-0.2, 0) is 9.59 Å². The molecular weight excluding hydrogens is 280 g/mol. The summed E-state index contributed by atoms with van der Waals surface area (Å²) >= 11 is 0. The fourth-order valence-electron chi connectivity index (χ4n) is 3.23. The SMILES string of the molecule is O=C(O)CCC(NC(=O)N1C2CCC1CC(O)C2)C(=O)O. The van der Waals surface area contributed by atoms with Gasteiger partial charge in [0.05, 0.1) is 6.10 Å². The fourth-order valence-corrected chi connectivity index (χ4v) is 3.23. The molecule has 2 aliphatic rings. The number of carboxylic acids is 2. The molecule has 0 saturated carbocycles. The number of urea groups is 1. The molecular formula is C13H20N2O6. The molecule has 3 unspecified atom stereocenters. The van der Waals surface area contributed by atoms with Gasteiger partial charge < -0.3 is 25.5 Å². The molecule has 8 nitrogen and oxygen atoms in total. The molecule has 2 fully saturated rings. The number of hydrogen-bond acceptors (Lipinski definition) is 4. The maximum atomic E-state index is 12.2. The summed E-state index contributed by atoms with van der Waals surface area (Å²) in [6.45, 7) is 0. The third-order valence-corrected chi connectivity index (χ3v) is 4.19. The molecule has 4 N–H and O–H groups in total. The Hall–Kier alpha value is -1.83. The smallest absolute Gasteiger partial charge is 0.326 e. The fraction of sp³-hybridized carbons (Fsp3) is 0.769. The van der Waals surface area contributed by atoms with Crippen molar-refractivity contribution in [2.45, 2.75) is 62.8 Å². The summed E-state index contributed by atoms with van der Waals surface area (Å²) in [5.41, 5.74) is 0. The average Bonchev–Trinajstić information content (AvgIpc) is 2.66. The Morgan fingerprint density at radius 2 is 1.71 bits per heavy atom. The quantitative estimate of drug-likeness (QED) is 0.566. The highest BCUT2D eigenvalue weighted by molar-refractivity contribution is 5.83. The number of aliphatic hydroxyl groups is 1. The van der Waals surface area contributed by atoms with Crippen molar-refractivity contribution < 1.29 is 29.7 Å². The molecule has 2 amide bonds. The van der Waals surface area contributed by atoms with Crippen LogP contribution in [0.25, 0.3) is 0 Å². The number of amides is 2. The zero-order valence-corrected chi connectivity index (χ0v) is 11.6. The van der Waals surface area contributed by atoms with E-state index < -0.39 is 30.1 Å². The standard InChI is InChI=1S/C13H20N2O6/c16-9-5-7-1-2-8(6-9)15(7)13(21)14-10(12(19)20)3-4-11(17)18/h7-10,16H,1-6H2,(H,14,21)(H,17,18)(H,19,20). The van der Waals surface area contributed by atoms with Gasteiger partial charge in [-0.2, -0.15) is 0 Å². The average molecular weight is 300 g/mol. The van der Waals surface area contributed by atoms with Crippen LogP contribution < -0.4 is 5.32 Å². The van der Waals surface area contributed by atoms with Gasteiger partial charge in [0, 0.05) is 18.5 Å². The van der Waals surface area contributed by atoms with E-state index in [0.717, 1.165) is 12.8 Å². The number of aliphatic hydroxyl groups excluding tert-OH is 1. The van der Waals surface area contributed by atoms with Gasteiger partial charge in [0.15, 0.2) is 0 Å². The van der Waals surface area contributed by atoms with Crippen LogP contribution in [-0.4, -0.2) is 62.4 Å². The van der Waals surface area contributed by atoms with Crippen LogP contribution in [0.1, 0.15) is 38.5 Å². The minimum atomic E-state index is -1.24. The van der Waals surface area contributed by atoms with Crippen molar-refractivity contribution in [3.8, 4) is 0 Å². The van der Waals surface area contributed by atoms with Crippen molar-refractivity contribution in [2.24, 2.45) is 0 Å². The Labute approximate surface area is 121 Å². The summed E-state index contributed by atoms with van der Waals surface area (Å²) in [6, 6.07) is -1.81. The van der Waals surface area contributed by atoms with Gasteiger partial charge in [0.1, 0.15) is 6.04 Å². The number of carbonyl (C=O) groups excluding carboxylic acids is 1. The van der Waals surface area contributed by atoms with Crippen molar-refractivity contribution in [1.82, 2.24) is 10.2 Å². The van der Waals surface area contributed by atoms with Gasteiger partial charge in [-0.05, 0) is 32.1 Å². The van der Waals surface area contributed by atoms with Crippen LogP contribution in [0.3, 0.4) is 0 Å². The predicted octanol–water partition coefficient (Wildman–Crippen LogP) is 0.00170. The van der Waals surface area contributed by atoms with Crippen molar-refractivity contribution in [2.75, 3.05) is 0 Å². The summed E-state index contributed by atoms with van der Waals surface area (Å²) in [6.07, 6.45) is 1.76. The van der Waals surface area contributed by atoms with E-state index in [9.17, 15) is 19.5 Å². The third kappa shape index (κ3) is 3.63. The highest BCUT2D eigenvalue weighted by Gasteiger charge is 2.43. The van der Waals surface area contributed by atoms with E-state index in [4.69, 9.17) is 10.2 Å². The zero-order chi connectivity index (χ0) is 15.6. The number of piperidine rings is 1. The summed E-state index contributed by atoms with van der Waals surface area (Å²) in [5.74, 6) is -2.34. The molecule has 2 rings (SSSR count). The van der Waals surface area contributed by atoms with Crippen molar-refractivity contribution in [1.29, 1.82) is 0 Å². The van der Waals surface area contributed by atoms with Crippen LogP contribution >= 0.6 is 0 Å². The second kappa shape index (κ2) is 6.30. The van der Waals surface area contributed by atoms with Crippen LogP contribution in [0.2, 0.25) is 0 Å². The lowest BCUT2D eigenvalue weighted by Gasteiger charge is -2.37. The molecule has 118 valence electrons. The molecule has 8 heteroatoms. The number of carboxylic acid groups (broad SMARTS) is 2. The topological polar surface area (TPSA) is 127 Å². The van der Waals surface area contributed by atoms with E-state index in [1.807, 2.05) is 0 Å². The van der Waals surface area contributed by atoms with E-state index in [1.165, 1.54) is 0 Å². The molecule has 0 radical (unpaired) electrons. The van der Waals surface area contributed by atoms with Gasteiger partial charge in [0.2, 0.25) is 0 Å². The van der Waals surface area contributed by atoms with Crippen molar-refractivity contribution in [3.63, 3.8) is 0 Å². The molecule has 3 atom stereocenters. The number of rotatable bonds is 5. The summed E-state index contributed by atoms with van der Waals surface area (Å²) in [5, 5.41) is 29.8. The number of fused-ring (bicyclic) bond motifs is 2. The first kappa shape index (κ1) is 15.6. The first-order valence-electron chi connectivity index (χ1n) is 7.10. The first-order valence-corrected chi connectivity index (χ1v) is 7.10. The van der Waals surface area contributed by atoms with Gasteiger partial charge in [-0.1, -0.05) is 0 Å². The Bertz CT molecular complexity index is 426. The summed E-state index contributed by atoms with van der Waals surface area (Å²) in [4.78, 5) is 35.5. The maximum absolute atomic E-state index is 12.2. The van der Waals surface area contributed by atoms with E-state index in [0.29, 0.717) is 12.8 Å². The predicted molar refractivity (Wildman–Crippen MR) is 70.7 cm³/mol. The van der Waals surface area contributed by atoms with Gasteiger partial charge in [-0.15, -0.1) is 0 Å². The summed E-state index contributed by atoms with van der Waals surface area (Å²) in [7, 11) is 0. The van der Waals surface area contributed by atoms with Gasteiger partial charge in [0.25, 0.3) is 0 Å². The lowest BCUT2D eigenvalue weighted by molar-refractivity contribution is -0.140. The molecule has 0 spiro atoms. The maximum Gasteiger partial charge on any atom is 0.326 e. The Morgan fingerprint density at radius 3 is 2.19 bits per heavy atom.